The number of rotatable bonds is 3. The molecule has 1 heteroatoms. The summed E-state index contributed by atoms with van der Waals surface area (Å²) in [7, 11) is 0. The summed E-state index contributed by atoms with van der Waals surface area (Å²) >= 11 is 0. The summed E-state index contributed by atoms with van der Waals surface area (Å²) in [6, 6.07) is 0. The van der Waals surface area contributed by atoms with Gasteiger partial charge in [-0.25, -0.2) is 0 Å². The Morgan fingerprint density at radius 3 is 1.93 bits per heavy atom. The molecule has 2 aliphatic carbocycles. The van der Waals surface area contributed by atoms with Crippen molar-refractivity contribution in [2.24, 2.45) is 29.6 Å². The molecule has 2 saturated carbocycles. The van der Waals surface area contributed by atoms with Gasteiger partial charge in [0.15, 0.2) is 0 Å². The molecule has 0 aliphatic heterocycles. The van der Waals surface area contributed by atoms with E-state index in [1.54, 1.807) is 0 Å². The highest BCUT2D eigenvalue weighted by molar-refractivity contribution is 4.88. The SMILES string of the molecule is CC1CC(C)CC(C(O)C(C)C2CC2)C1. The van der Waals surface area contributed by atoms with E-state index in [0.29, 0.717) is 11.8 Å². The molecule has 0 spiro atoms. The minimum absolute atomic E-state index is 0.0253. The fourth-order valence-electron chi connectivity index (χ4n) is 3.62. The number of hydrogen-bond donors (Lipinski definition) is 1. The molecule has 2 fully saturated rings. The molecule has 1 nitrogen and oxygen atoms in total. The second-order valence-electron chi connectivity index (χ2n) is 6.36. The average molecular weight is 210 g/mol. The molecule has 0 radical (unpaired) electrons. The van der Waals surface area contributed by atoms with Crippen molar-refractivity contribution in [1.29, 1.82) is 0 Å². The molecule has 2 aliphatic rings. The summed E-state index contributed by atoms with van der Waals surface area (Å²) in [6.07, 6.45) is 6.56. The van der Waals surface area contributed by atoms with Gasteiger partial charge in [0.05, 0.1) is 6.10 Å². The van der Waals surface area contributed by atoms with Gasteiger partial charge in [0, 0.05) is 0 Å². The second kappa shape index (κ2) is 4.45. The van der Waals surface area contributed by atoms with Crippen molar-refractivity contribution in [3.8, 4) is 0 Å². The lowest BCUT2D eigenvalue weighted by atomic mass is 9.72. The van der Waals surface area contributed by atoms with E-state index in [1.807, 2.05) is 0 Å². The average Bonchev–Trinajstić information content (AvgIpc) is 2.97. The van der Waals surface area contributed by atoms with Crippen molar-refractivity contribution in [3.63, 3.8) is 0 Å². The molecule has 2 rings (SSSR count). The van der Waals surface area contributed by atoms with Gasteiger partial charge in [-0.3, -0.25) is 0 Å². The molecular formula is C14H26O. The van der Waals surface area contributed by atoms with E-state index in [0.717, 1.165) is 17.8 Å². The van der Waals surface area contributed by atoms with Gasteiger partial charge in [0.2, 0.25) is 0 Å². The summed E-state index contributed by atoms with van der Waals surface area (Å²) < 4.78 is 0. The molecule has 1 N–H and O–H groups in total. The summed E-state index contributed by atoms with van der Waals surface area (Å²) in [5.74, 6) is 3.61. The molecule has 88 valence electrons. The molecule has 0 amide bonds. The lowest BCUT2D eigenvalue weighted by molar-refractivity contribution is 0.0116. The van der Waals surface area contributed by atoms with Gasteiger partial charge in [-0.1, -0.05) is 20.8 Å². The van der Waals surface area contributed by atoms with Crippen molar-refractivity contribution in [2.75, 3.05) is 0 Å². The summed E-state index contributed by atoms with van der Waals surface area (Å²) in [4.78, 5) is 0. The molecule has 15 heavy (non-hydrogen) atoms. The van der Waals surface area contributed by atoms with E-state index in [9.17, 15) is 5.11 Å². The zero-order valence-corrected chi connectivity index (χ0v) is 10.4. The predicted octanol–water partition coefficient (Wildman–Crippen LogP) is 3.47. The van der Waals surface area contributed by atoms with Crippen LogP contribution in [-0.2, 0) is 0 Å². The quantitative estimate of drug-likeness (QED) is 0.756. The lowest BCUT2D eigenvalue weighted by Crippen LogP contribution is -2.34. The van der Waals surface area contributed by atoms with Crippen LogP contribution in [0.15, 0.2) is 0 Å². The molecule has 0 bridgehead atoms. The Balaban J connectivity index is 1.90. The first-order valence-electron chi connectivity index (χ1n) is 6.76. The Labute approximate surface area is 94.3 Å². The molecular weight excluding hydrogens is 184 g/mol. The van der Waals surface area contributed by atoms with Crippen LogP contribution >= 0.6 is 0 Å². The Hall–Kier alpha value is -0.0400. The highest BCUT2D eigenvalue weighted by atomic mass is 16.3. The van der Waals surface area contributed by atoms with Gasteiger partial charge >= 0.3 is 0 Å². The van der Waals surface area contributed by atoms with Gasteiger partial charge in [-0.05, 0) is 61.7 Å². The van der Waals surface area contributed by atoms with Crippen LogP contribution in [0, 0.1) is 29.6 Å². The highest BCUT2D eigenvalue weighted by Gasteiger charge is 2.38. The van der Waals surface area contributed by atoms with E-state index in [2.05, 4.69) is 20.8 Å². The number of aliphatic hydroxyl groups excluding tert-OH is 1. The standard InChI is InChI=1S/C14H26O/c1-9-6-10(2)8-13(7-9)14(15)11(3)12-4-5-12/h9-15H,4-8H2,1-3H3. The Kier molecular flexibility index (Phi) is 3.39. The van der Waals surface area contributed by atoms with E-state index >= 15 is 0 Å². The maximum absolute atomic E-state index is 10.4. The van der Waals surface area contributed by atoms with Gasteiger partial charge in [0.1, 0.15) is 0 Å². The van der Waals surface area contributed by atoms with Crippen LogP contribution < -0.4 is 0 Å². The van der Waals surface area contributed by atoms with Crippen LogP contribution in [0.4, 0.5) is 0 Å². The first-order chi connectivity index (χ1) is 7.08. The smallest absolute Gasteiger partial charge is 0.0596 e. The fraction of sp³-hybridized carbons (Fsp3) is 1.00. The Bertz CT molecular complexity index is 199. The molecule has 0 saturated heterocycles. The van der Waals surface area contributed by atoms with Crippen LogP contribution in [0.2, 0.25) is 0 Å². The van der Waals surface area contributed by atoms with Crippen LogP contribution in [0.3, 0.4) is 0 Å². The van der Waals surface area contributed by atoms with Gasteiger partial charge < -0.3 is 5.11 Å². The first kappa shape index (κ1) is 11.4. The van der Waals surface area contributed by atoms with Gasteiger partial charge in [-0.2, -0.15) is 0 Å². The van der Waals surface area contributed by atoms with Crippen molar-refractivity contribution in [1.82, 2.24) is 0 Å². The summed E-state index contributed by atoms with van der Waals surface area (Å²) in [5.41, 5.74) is 0. The zero-order chi connectivity index (χ0) is 11.0. The van der Waals surface area contributed by atoms with Crippen molar-refractivity contribution in [3.05, 3.63) is 0 Å². The summed E-state index contributed by atoms with van der Waals surface area (Å²) in [5, 5.41) is 10.4. The number of hydrogen-bond acceptors (Lipinski definition) is 1. The molecule has 0 heterocycles. The van der Waals surface area contributed by atoms with E-state index < -0.39 is 0 Å². The highest BCUT2D eigenvalue weighted by Crippen LogP contribution is 2.43. The summed E-state index contributed by atoms with van der Waals surface area (Å²) in [6.45, 7) is 6.95. The molecule has 4 unspecified atom stereocenters. The van der Waals surface area contributed by atoms with E-state index in [1.165, 1.54) is 32.1 Å². The lowest BCUT2D eigenvalue weighted by Gasteiger charge is -2.36. The molecule has 0 aromatic rings. The topological polar surface area (TPSA) is 20.2 Å². The third-order valence-electron chi connectivity index (χ3n) is 4.60. The Morgan fingerprint density at radius 2 is 1.47 bits per heavy atom. The van der Waals surface area contributed by atoms with Gasteiger partial charge in [-0.15, -0.1) is 0 Å². The van der Waals surface area contributed by atoms with E-state index in [4.69, 9.17) is 0 Å². The third kappa shape index (κ3) is 2.75. The van der Waals surface area contributed by atoms with Crippen molar-refractivity contribution >= 4 is 0 Å². The van der Waals surface area contributed by atoms with Crippen molar-refractivity contribution in [2.45, 2.75) is 59.0 Å². The number of aliphatic hydroxyl groups is 1. The van der Waals surface area contributed by atoms with Crippen LogP contribution in [0.5, 0.6) is 0 Å². The maximum atomic E-state index is 10.4. The monoisotopic (exact) mass is 210 g/mol. The fourth-order valence-corrected chi connectivity index (χ4v) is 3.62. The normalized spacial score (nSPS) is 41.2. The molecule has 0 aromatic carbocycles. The third-order valence-corrected chi connectivity index (χ3v) is 4.60. The molecule has 0 aromatic heterocycles. The minimum Gasteiger partial charge on any atom is -0.393 e. The molecule has 4 atom stereocenters. The Morgan fingerprint density at radius 1 is 0.933 bits per heavy atom. The van der Waals surface area contributed by atoms with Gasteiger partial charge in [0.25, 0.3) is 0 Å². The van der Waals surface area contributed by atoms with Crippen molar-refractivity contribution < 1.29 is 5.11 Å². The minimum atomic E-state index is -0.0253. The predicted molar refractivity (Wildman–Crippen MR) is 63.6 cm³/mol. The van der Waals surface area contributed by atoms with E-state index in [-0.39, 0.29) is 6.10 Å². The second-order valence-corrected chi connectivity index (χ2v) is 6.36. The van der Waals surface area contributed by atoms with Crippen LogP contribution in [0.1, 0.15) is 52.9 Å². The zero-order valence-electron chi connectivity index (χ0n) is 10.4. The maximum Gasteiger partial charge on any atom is 0.0596 e. The largest absolute Gasteiger partial charge is 0.393 e. The van der Waals surface area contributed by atoms with Crippen LogP contribution in [-0.4, -0.2) is 11.2 Å². The first-order valence-corrected chi connectivity index (χ1v) is 6.76. The van der Waals surface area contributed by atoms with Crippen LogP contribution in [0.25, 0.3) is 0 Å².